The first-order valence-corrected chi connectivity index (χ1v) is 4.14. The summed E-state index contributed by atoms with van der Waals surface area (Å²) in [6, 6.07) is 0.439. The van der Waals surface area contributed by atoms with Gasteiger partial charge in [-0.3, -0.25) is 0 Å². The smallest absolute Gasteiger partial charge is 0.0672 e. The fraction of sp³-hybridized carbons (Fsp3) is 1.00. The molecule has 0 aromatic heterocycles. The number of ether oxygens (including phenoxy) is 1. The Bertz CT molecular complexity index is 88.2. The highest BCUT2D eigenvalue weighted by Gasteiger charge is 2.02. The van der Waals surface area contributed by atoms with Crippen LogP contribution >= 0.6 is 0 Å². The lowest BCUT2D eigenvalue weighted by Crippen LogP contribution is -2.31. The van der Waals surface area contributed by atoms with Crippen molar-refractivity contribution < 1.29 is 4.74 Å². The molecule has 0 spiro atoms. The average molecular weight is 160 g/mol. The van der Waals surface area contributed by atoms with Crippen LogP contribution in [0.2, 0.25) is 0 Å². The van der Waals surface area contributed by atoms with Crippen molar-refractivity contribution >= 4 is 0 Å². The van der Waals surface area contributed by atoms with Crippen LogP contribution < -0.4 is 10.6 Å². The topological polar surface area (TPSA) is 33.3 Å². The van der Waals surface area contributed by atoms with Gasteiger partial charge in [-0.25, -0.2) is 0 Å². The largest absolute Gasteiger partial charge is 0.376 e. The standard InChI is InChI=1S/C8H20N2O/c1-7(10-4)6-11-8(2)5-9-3/h7-10H,5-6H2,1-4H3. The van der Waals surface area contributed by atoms with Gasteiger partial charge in [0.1, 0.15) is 0 Å². The van der Waals surface area contributed by atoms with E-state index in [1.54, 1.807) is 0 Å². The minimum Gasteiger partial charge on any atom is -0.376 e. The Hall–Kier alpha value is -0.120. The van der Waals surface area contributed by atoms with Gasteiger partial charge in [-0.1, -0.05) is 0 Å². The van der Waals surface area contributed by atoms with Crippen molar-refractivity contribution in [3.8, 4) is 0 Å². The Morgan fingerprint density at radius 2 is 1.91 bits per heavy atom. The minimum absolute atomic E-state index is 0.302. The van der Waals surface area contributed by atoms with Crippen LogP contribution in [0.3, 0.4) is 0 Å². The monoisotopic (exact) mass is 160 g/mol. The molecule has 2 unspecified atom stereocenters. The number of likely N-dealkylation sites (N-methyl/N-ethyl adjacent to an activating group) is 2. The molecule has 2 N–H and O–H groups in total. The highest BCUT2D eigenvalue weighted by atomic mass is 16.5. The second kappa shape index (κ2) is 6.58. The molecule has 2 atom stereocenters. The zero-order valence-electron chi connectivity index (χ0n) is 7.98. The van der Waals surface area contributed by atoms with Crippen molar-refractivity contribution in [1.29, 1.82) is 0 Å². The normalized spacial score (nSPS) is 16.4. The van der Waals surface area contributed by atoms with Crippen molar-refractivity contribution in [2.45, 2.75) is 26.0 Å². The van der Waals surface area contributed by atoms with Gasteiger partial charge in [0.2, 0.25) is 0 Å². The lowest BCUT2D eigenvalue weighted by atomic mass is 10.3. The molecule has 0 aromatic carbocycles. The first kappa shape index (κ1) is 10.9. The molecule has 3 nitrogen and oxygen atoms in total. The average Bonchev–Trinajstić information content (AvgIpc) is 2.01. The molecule has 68 valence electrons. The van der Waals surface area contributed by atoms with E-state index in [1.165, 1.54) is 0 Å². The van der Waals surface area contributed by atoms with Gasteiger partial charge in [0.15, 0.2) is 0 Å². The lowest BCUT2D eigenvalue weighted by Gasteiger charge is -2.15. The Labute approximate surface area is 69.5 Å². The minimum atomic E-state index is 0.302. The van der Waals surface area contributed by atoms with E-state index in [0.29, 0.717) is 12.1 Å². The maximum Gasteiger partial charge on any atom is 0.0672 e. The molecule has 0 fully saturated rings. The molecule has 3 heteroatoms. The molecule has 0 radical (unpaired) electrons. The van der Waals surface area contributed by atoms with Gasteiger partial charge >= 0.3 is 0 Å². The molecule has 0 amide bonds. The van der Waals surface area contributed by atoms with Crippen LogP contribution in [0.5, 0.6) is 0 Å². The highest BCUT2D eigenvalue weighted by Crippen LogP contribution is 1.90. The first-order chi connectivity index (χ1) is 5.20. The van der Waals surface area contributed by atoms with E-state index in [4.69, 9.17) is 4.74 Å². The third-order valence-corrected chi connectivity index (χ3v) is 1.62. The van der Waals surface area contributed by atoms with E-state index in [2.05, 4.69) is 24.5 Å². The molecular formula is C8H20N2O. The third kappa shape index (κ3) is 6.28. The van der Waals surface area contributed by atoms with Gasteiger partial charge in [0.25, 0.3) is 0 Å². The van der Waals surface area contributed by atoms with Gasteiger partial charge in [-0.15, -0.1) is 0 Å². The first-order valence-electron chi connectivity index (χ1n) is 4.14. The molecule has 0 aromatic rings. The van der Waals surface area contributed by atoms with Gasteiger partial charge in [0.05, 0.1) is 12.7 Å². The zero-order chi connectivity index (χ0) is 8.69. The fourth-order valence-electron chi connectivity index (χ4n) is 0.738. The number of rotatable bonds is 6. The Morgan fingerprint density at radius 1 is 1.27 bits per heavy atom. The van der Waals surface area contributed by atoms with Crippen LogP contribution in [0.15, 0.2) is 0 Å². The van der Waals surface area contributed by atoms with Crippen LogP contribution in [0.4, 0.5) is 0 Å². The molecule has 0 rings (SSSR count). The Kier molecular flexibility index (Phi) is 6.51. The van der Waals surface area contributed by atoms with E-state index >= 15 is 0 Å². The van der Waals surface area contributed by atoms with Gasteiger partial charge in [-0.05, 0) is 27.9 Å². The van der Waals surface area contributed by atoms with Crippen molar-refractivity contribution in [2.24, 2.45) is 0 Å². The maximum atomic E-state index is 5.51. The van der Waals surface area contributed by atoms with Crippen molar-refractivity contribution in [3.63, 3.8) is 0 Å². The summed E-state index contributed by atoms with van der Waals surface area (Å²) in [5.41, 5.74) is 0. The molecule has 0 heterocycles. The van der Waals surface area contributed by atoms with Gasteiger partial charge in [0, 0.05) is 12.6 Å². The molecule has 0 aliphatic rings. The Morgan fingerprint density at radius 3 is 2.36 bits per heavy atom. The van der Waals surface area contributed by atoms with E-state index in [1.807, 2.05) is 14.1 Å². The quantitative estimate of drug-likeness (QED) is 0.583. The zero-order valence-corrected chi connectivity index (χ0v) is 7.98. The third-order valence-electron chi connectivity index (χ3n) is 1.62. The summed E-state index contributed by atoms with van der Waals surface area (Å²) in [5.74, 6) is 0. The van der Waals surface area contributed by atoms with Crippen molar-refractivity contribution in [1.82, 2.24) is 10.6 Å². The van der Waals surface area contributed by atoms with Crippen LogP contribution in [0.25, 0.3) is 0 Å². The second-order valence-electron chi connectivity index (χ2n) is 2.89. The van der Waals surface area contributed by atoms with E-state index in [9.17, 15) is 0 Å². The maximum absolute atomic E-state index is 5.51. The van der Waals surface area contributed by atoms with Crippen LogP contribution in [-0.2, 0) is 4.74 Å². The van der Waals surface area contributed by atoms with E-state index < -0.39 is 0 Å². The summed E-state index contributed by atoms with van der Waals surface area (Å²) in [6.07, 6.45) is 0.302. The van der Waals surface area contributed by atoms with Gasteiger partial charge in [-0.2, -0.15) is 0 Å². The van der Waals surface area contributed by atoms with Crippen LogP contribution in [-0.4, -0.2) is 39.4 Å². The number of hydrogen-bond donors (Lipinski definition) is 2. The molecule has 0 aliphatic carbocycles. The summed E-state index contributed by atoms with van der Waals surface area (Å²) in [6.45, 7) is 5.86. The fourth-order valence-corrected chi connectivity index (χ4v) is 0.738. The Balaban J connectivity index is 3.22. The molecular weight excluding hydrogens is 140 g/mol. The lowest BCUT2D eigenvalue weighted by molar-refractivity contribution is 0.0554. The molecule has 0 aliphatic heterocycles. The molecule has 11 heavy (non-hydrogen) atoms. The number of hydrogen-bond acceptors (Lipinski definition) is 3. The second-order valence-corrected chi connectivity index (χ2v) is 2.89. The summed E-state index contributed by atoms with van der Waals surface area (Å²) in [4.78, 5) is 0. The summed E-state index contributed by atoms with van der Waals surface area (Å²) < 4.78 is 5.51. The van der Waals surface area contributed by atoms with Crippen molar-refractivity contribution in [3.05, 3.63) is 0 Å². The molecule has 0 saturated carbocycles. The summed E-state index contributed by atoms with van der Waals surface area (Å²) >= 11 is 0. The predicted molar refractivity (Wildman–Crippen MR) is 47.9 cm³/mol. The molecule has 0 bridgehead atoms. The summed E-state index contributed by atoms with van der Waals surface area (Å²) in [5, 5.41) is 6.18. The van der Waals surface area contributed by atoms with E-state index in [-0.39, 0.29) is 0 Å². The van der Waals surface area contributed by atoms with E-state index in [0.717, 1.165) is 13.2 Å². The molecule has 0 saturated heterocycles. The van der Waals surface area contributed by atoms with Crippen LogP contribution in [0.1, 0.15) is 13.8 Å². The van der Waals surface area contributed by atoms with Crippen LogP contribution in [0, 0.1) is 0 Å². The predicted octanol–water partition coefficient (Wildman–Crippen LogP) is 0.219. The highest BCUT2D eigenvalue weighted by molar-refractivity contribution is 4.57. The summed E-state index contributed by atoms with van der Waals surface area (Å²) in [7, 11) is 3.87. The SMILES string of the molecule is CNCC(C)OCC(C)NC. The van der Waals surface area contributed by atoms with Gasteiger partial charge < -0.3 is 15.4 Å². The number of nitrogens with one attached hydrogen (secondary N) is 2. The van der Waals surface area contributed by atoms with Crippen molar-refractivity contribution in [2.75, 3.05) is 27.2 Å².